The van der Waals surface area contributed by atoms with Crippen molar-refractivity contribution in [3.05, 3.63) is 6.92 Å². The molecule has 0 saturated heterocycles. The Labute approximate surface area is 75.0 Å². The van der Waals surface area contributed by atoms with Gasteiger partial charge >= 0.3 is 23.1 Å². The first-order valence-electron chi connectivity index (χ1n) is 3.10. The van der Waals surface area contributed by atoms with Crippen molar-refractivity contribution in [3.63, 3.8) is 0 Å². The summed E-state index contributed by atoms with van der Waals surface area (Å²) in [5.74, 6) is 0. The van der Waals surface area contributed by atoms with Gasteiger partial charge in [-0.05, 0) is 0 Å². The number of hydrogen-bond acceptors (Lipinski definition) is 1. The second-order valence-electron chi connectivity index (χ2n) is 1.90. The fourth-order valence-corrected chi connectivity index (χ4v) is 0. The number of rotatable bonds is 1. The smallest absolute Gasteiger partial charge is 0.852 e. The summed E-state index contributed by atoms with van der Waals surface area (Å²) in [5, 5.41) is 9.53. The van der Waals surface area contributed by atoms with Crippen molar-refractivity contribution in [3.8, 4) is 0 Å². The molecule has 2 heteroatoms. The summed E-state index contributed by atoms with van der Waals surface area (Å²) in [6.45, 7) is 8.94. The minimum absolute atomic E-state index is 0. The summed E-state index contributed by atoms with van der Waals surface area (Å²) in [5.41, 5.74) is 0. The first-order valence-corrected chi connectivity index (χ1v) is 3.10. The van der Waals surface area contributed by atoms with E-state index in [1.165, 1.54) is 6.42 Å². The standard InChI is InChI=1S/C4H9.C3H7O.Mg/c1-3-4-2;1-3(2)4;/h1,3-4H2,2H3;3H,1-2H3;/q2*-1;+2. The van der Waals surface area contributed by atoms with Gasteiger partial charge in [0.05, 0.1) is 0 Å². The summed E-state index contributed by atoms with van der Waals surface area (Å²) in [6.07, 6.45) is 1.86. The van der Waals surface area contributed by atoms with Gasteiger partial charge < -0.3 is 12.0 Å². The molecule has 0 aromatic heterocycles. The van der Waals surface area contributed by atoms with Crippen LogP contribution in [-0.2, 0) is 0 Å². The molecular formula is C7H16MgO. The molecular weight excluding hydrogens is 124 g/mol. The summed E-state index contributed by atoms with van der Waals surface area (Å²) < 4.78 is 0. The molecule has 0 fully saturated rings. The van der Waals surface area contributed by atoms with E-state index in [1.807, 2.05) is 0 Å². The molecule has 0 atom stereocenters. The van der Waals surface area contributed by atoms with Gasteiger partial charge in [0.2, 0.25) is 0 Å². The summed E-state index contributed by atoms with van der Waals surface area (Å²) in [4.78, 5) is 0. The SMILES string of the molecule is CC(C)[O-].[CH2-]CCC.[Mg+2]. The Kier molecular flexibility index (Phi) is 28.9. The molecule has 0 unspecified atom stereocenters. The molecule has 0 bridgehead atoms. The van der Waals surface area contributed by atoms with Crippen molar-refractivity contribution in [2.75, 3.05) is 0 Å². The maximum Gasteiger partial charge on any atom is 2.00 e. The maximum absolute atomic E-state index is 9.53. The summed E-state index contributed by atoms with van der Waals surface area (Å²) >= 11 is 0. The van der Waals surface area contributed by atoms with Crippen LogP contribution in [0.15, 0.2) is 0 Å². The van der Waals surface area contributed by atoms with Crippen LogP contribution in [0.1, 0.15) is 33.6 Å². The Bertz CT molecular complexity index is 25.3. The Hall–Kier alpha value is 0.726. The van der Waals surface area contributed by atoms with E-state index < -0.39 is 6.10 Å². The van der Waals surface area contributed by atoms with Crippen LogP contribution in [0.25, 0.3) is 0 Å². The number of unbranched alkanes of at least 4 members (excludes halogenated alkanes) is 1. The normalized spacial score (nSPS) is 7.33. The average molecular weight is 141 g/mol. The topological polar surface area (TPSA) is 23.1 Å². The Morgan fingerprint density at radius 2 is 1.56 bits per heavy atom. The predicted molar refractivity (Wildman–Crippen MR) is 41.2 cm³/mol. The second kappa shape index (κ2) is 15.9. The van der Waals surface area contributed by atoms with Gasteiger partial charge in [-0.25, -0.2) is 0 Å². The van der Waals surface area contributed by atoms with Crippen LogP contribution in [-0.4, -0.2) is 29.2 Å². The molecule has 0 aliphatic rings. The Balaban J connectivity index is -0.0000000720. The summed E-state index contributed by atoms with van der Waals surface area (Å²) in [6, 6.07) is 0. The third-order valence-electron chi connectivity index (χ3n) is 0.354. The first-order chi connectivity index (χ1) is 3.65. The molecule has 52 valence electrons. The van der Waals surface area contributed by atoms with E-state index >= 15 is 0 Å². The molecule has 0 aromatic rings. The third-order valence-corrected chi connectivity index (χ3v) is 0.354. The van der Waals surface area contributed by atoms with Gasteiger partial charge in [0.25, 0.3) is 0 Å². The van der Waals surface area contributed by atoms with Crippen molar-refractivity contribution in [2.45, 2.75) is 39.7 Å². The zero-order chi connectivity index (χ0) is 6.99. The predicted octanol–water partition coefficient (Wildman–Crippen LogP) is 0.995. The molecule has 0 rings (SSSR count). The van der Waals surface area contributed by atoms with Gasteiger partial charge in [-0.15, -0.1) is 6.10 Å². The van der Waals surface area contributed by atoms with Gasteiger partial charge in [-0.2, -0.15) is 6.42 Å². The van der Waals surface area contributed by atoms with E-state index in [4.69, 9.17) is 0 Å². The Morgan fingerprint density at radius 3 is 1.56 bits per heavy atom. The minimum atomic E-state index is -0.417. The van der Waals surface area contributed by atoms with Gasteiger partial charge in [0, 0.05) is 0 Å². The van der Waals surface area contributed by atoms with Crippen LogP contribution in [0.4, 0.5) is 0 Å². The maximum atomic E-state index is 9.53. The van der Waals surface area contributed by atoms with Crippen LogP contribution in [0.5, 0.6) is 0 Å². The molecule has 0 saturated carbocycles. The monoisotopic (exact) mass is 140 g/mol. The quantitative estimate of drug-likeness (QED) is 0.394. The van der Waals surface area contributed by atoms with Crippen molar-refractivity contribution < 1.29 is 5.11 Å². The largest absolute Gasteiger partial charge is 2.00 e. The molecule has 0 aromatic carbocycles. The molecule has 0 amide bonds. The van der Waals surface area contributed by atoms with Gasteiger partial charge in [0.1, 0.15) is 0 Å². The van der Waals surface area contributed by atoms with Crippen LogP contribution >= 0.6 is 0 Å². The van der Waals surface area contributed by atoms with Crippen molar-refractivity contribution >= 4 is 23.1 Å². The van der Waals surface area contributed by atoms with Gasteiger partial charge in [-0.3, -0.25) is 0 Å². The molecule has 0 aliphatic carbocycles. The molecule has 0 radical (unpaired) electrons. The fraction of sp³-hybridized carbons (Fsp3) is 0.857. The fourth-order valence-electron chi connectivity index (χ4n) is 0. The zero-order valence-corrected chi connectivity index (χ0v) is 8.23. The molecule has 0 N–H and O–H groups in total. The Morgan fingerprint density at radius 1 is 1.44 bits per heavy atom. The van der Waals surface area contributed by atoms with Gasteiger partial charge in [0.15, 0.2) is 0 Å². The van der Waals surface area contributed by atoms with Crippen molar-refractivity contribution in [2.24, 2.45) is 0 Å². The van der Waals surface area contributed by atoms with Crippen LogP contribution < -0.4 is 5.11 Å². The van der Waals surface area contributed by atoms with Crippen LogP contribution in [0.3, 0.4) is 0 Å². The third kappa shape index (κ3) is 132. The molecule has 1 nitrogen and oxygen atoms in total. The molecule has 0 spiro atoms. The van der Waals surface area contributed by atoms with Crippen molar-refractivity contribution in [1.29, 1.82) is 0 Å². The molecule has 9 heavy (non-hydrogen) atoms. The minimum Gasteiger partial charge on any atom is -0.852 e. The van der Waals surface area contributed by atoms with E-state index in [1.54, 1.807) is 13.8 Å². The van der Waals surface area contributed by atoms with Crippen molar-refractivity contribution in [1.82, 2.24) is 0 Å². The second-order valence-corrected chi connectivity index (χ2v) is 1.90. The first kappa shape index (κ1) is 16.4. The van der Waals surface area contributed by atoms with Crippen LogP contribution in [0, 0.1) is 6.92 Å². The van der Waals surface area contributed by atoms with Gasteiger partial charge in [-0.1, -0.05) is 27.2 Å². The van der Waals surface area contributed by atoms with E-state index in [0.29, 0.717) is 0 Å². The van der Waals surface area contributed by atoms with E-state index in [2.05, 4.69) is 13.8 Å². The number of hydrogen-bond donors (Lipinski definition) is 0. The average Bonchev–Trinajstić information content (AvgIpc) is 1.65. The van der Waals surface area contributed by atoms with E-state index in [-0.39, 0.29) is 23.1 Å². The van der Waals surface area contributed by atoms with E-state index in [0.717, 1.165) is 6.42 Å². The zero-order valence-electron chi connectivity index (χ0n) is 6.81. The van der Waals surface area contributed by atoms with E-state index in [9.17, 15) is 5.11 Å². The molecule has 0 heterocycles. The summed E-state index contributed by atoms with van der Waals surface area (Å²) in [7, 11) is 0. The molecule has 0 aliphatic heterocycles. The van der Waals surface area contributed by atoms with Crippen LogP contribution in [0.2, 0.25) is 0 Å².